The number of hydrogen-bond acceptors (Lipinski definition) is 3. The summed E-state index contributed by atoms with van der Waals surface area (Å²) in [4.78, 5) is 20.4. The molecule has 0 spiro atoms. The van der Waals surface area contributed by atoms with Crippen LogP contribution in [0.5, 0.6) is 0 Å². The number of pyridine rings is 1. The van der Waals surface area contributed by atoms with E-state index in [2.05, 4.69) is 36.2 Å². The van der Waals surface area contributed by atoms with Gasteiger partial charge in [0.2, 0.25) is 0 Å². The van der Waals surface area contributed by atoms with Gasteiger partial charge in [-0.2, -0.15) is 0 Å². The van der Waals surface area contributed by atoms with E-state index in [9.17, 15) is 4.79 Å². The fourth-order valence-corrected chi connectivity index (χ4v) is 4.17. The second kappa shape index (κ2) is 8.01. The maximum Gasteiger partial charge on any atom is 0.256 e. The lowest BCUT2D eigenvalue weighted by Gasteiger charge is -2.22. The molecule has 1 aliphatic rings. The van der Waals surface area contributed by atoms with Gasteiger partial charge in [0, 0.05) is 35.5 Å². The van der Waals surface area contributed by atoms with E-state index in [4.69, 9.17) is 4.98 Å². The van der Waals surface area contributed by atoms with Gasteiger partial charge in [-0.05, 0) is 75.4 Å². The number of carbonyl (C=O) groups is 1. The predicted octanol–water partition coefficient (Wildman–Crippen LogP) is 5.21. The first-order valence-corrected chi connectivity index (χ1v) is 10.3. The van der Waals surface area contributed by atoms with Crippen LogP contribution in [0.25, 0.3) is 10.9 Å². The van der Waals surface area contributed by atoms with Crippen LogP contribution in [0.15, 0.2) is 48.5 Å². The van der Waals surface area contributed by atoms with E-state index in [-0.39, 0.29) is 5.91 Å². The van der Waals surface area contributed by atoms with Crippen molar-refractivity contribution >= 4 is 28.2 Å². The van der Waals surface area contributed by atoms with E-state index in [0.29, 0.717) is 0 Å². The molecule has 0 bridgehead atoms. The third-order valence-electron chi connectivity index (χ3n) is 5.65. The molecule has 28 heavy (non-hydrogen) atoms. The van der Waals surface area contributed by atoms with Crippen LogP contribution in [0, 0.1) is 0 Å². The van der Waals surface area contributed by atoms with E-state index in [1.807, 2.05) is 36.4 Å². The summed E-state index contributed by atoms with van der Waals surface area (Å²) in [5.74, 6) is -0.0349. The minimum absolute atomic E-state index is 0.0349. The lowest BCUT2D eigenvalue weighted by atomic mass is 9.89. The number of nitrogens with one attached hydrogen (secondary N) is 1. The monoisotopic (exact) mass is 373 g/mol. The van der Waals surface area contributed by atoms with E-state index < -0.39 is 0 Å². The summed E-state index contributed by atoms with van der Waals surface area (Å²) in [6, 6.07) is 16.1. The number of carbonyl (C=O) groups excluding carboxylic acids is 1. The van der Waals surface area contributed by atoms with E-state index >= 15 is 0 Å². The topological polar surface area (TPSA) is 45.2 Å². The van der Waals surface area contributed by atoms with Gasteiger partial charge >= 0.3 is 0 Å². The number of nitrogens with zero attached hydrogens (tertiary/aromatic N) is 2. The summed E-state index contributed by atoms with van der Waals surface area (Å²) in [5, 5.41) is 4.06. The highest BCUT2D eigenvalue weighted by atomic mass is 16.1. The number of para-hydroxylation sites is 1. The van der Waals surface area contributed by atoms with E-state index in [1.165, 1.54) is 5.69 Å². The zero-order valence-corrected chi connectivity index (χ0v) is 16.7. The first-order valence-electron chi connectivity index (χ1n) is 10.3. The Morgan fingerprint density at radius 1 is 1.00 bits per heavy atom. The number of hydrogen-bond donors (Lipinski definition) is 1. The van der Waals surface area contributed by atoms with Crippen molar-refractivity contribution in [1.82, 2.24) is 4.98 Å². The average molecular weight is 374 g/mol. The highest BCUT2D eigenvalue weighted by Gasteiger charge is 2.22. The summed E-state index contributed by atoms with van der Waals surface area (Å²) in [5.41, 5.74) is 5.92. The normalized spacial score (nSPS) is 13.2. The molecule has 4 nitrogen and oxygen atoms in total. The first-order chi connectivity index (χ1) is 13.7. The zero-order chi connectivity index (χ0) is 19.5. The van der Waals surface area contributed by atoms with Crippen LogP contribution in [-0.2, 0) is 12.8 Å². The van der Waals surface area contributed by atoms with Crippen molar-refractivity contribution in [2.45, 2.75) is 39.5 Å². The van der Waals surface area contributed by atoms with Gasteiger partial charge in [-0.3, -0.25) is 9.78 Å². The van der Waals surface area contributed by atoms with Gasteiger partial charge in [-0.1, -0.05) is 18.2 Å². The Morgan fingerprint density at radius 3 is 2.46 bits per heavy atom. The Bertz CT molecular complexity index is 991. The number of amides is 1. The molecule has 2 aromatic carbocycles. The van der Waals surface area contributed by atoms with Crippen LogP contribution >= 0.6 is 0 Å². The van der Waals surface area contributed by atoms with E-state index in [0.717, 1.165) is 72.2 Å². The van der Waals surface area contributed by atoms with Gasteiger partial charge in [0.1, 0.15) is 0 Å². The van der Waals surface area contributed by atoms with Gasteiger partial charge < -0.3 is 10.2 Å². The molecule has 1 aliphatic carbocycles. The summed E-state index contributed by atoms with van der Waals surface area (Å²) >= 11 is 0. The molecule has 0 unspecified atom stereocenters. The maximum absolute atomic E-state index is 13.3. The van der Waals surface area contributed by atoms with Gasteiger partial charge in [-0.25, -0.2) is 0 Å². The fourth-order valence-electron chi connectivity index (χ4n) is 4.17. The molecule has 4 heteroatoms. The van der Waals surface area contributed by atoms with Crippen molar-refractivity contribution in [3.63, 3.8) is 0 Å². The predicted molar refractivity (Wildman–Crippen MR) is 116 cm³/mol. The van der Waals surface area contributed by atoms with Gasteiger partial charge in [-0.15, -0.1) is 0 Å². The second-order valence-electron chi connectivity index (χ2n) is 7.31. The Labute approximate surface area is 166 Å². The smallest absolute Gasteiger partial charge is 0.256 e. The van der Waals surface area contributed by atoms with Gasteiger partial charge in [0.05, 0.1) is 11.1 Å². The maximum atomic E-state index is 13.3. The van der Waals surface area contributed by atoms with Crippen LogP contribution in [0.1, 0.15) is 48.3 Å². The summed E-state index contributed by atoms with van der Waals surface area (Å²) in [6.07, 6.45) is 4.15. The van der Waals surface area contributed by atoms with Crippen LogP contribution in [0.4, 0.5) is 11.4 Å². The lowest BCUT2D eigenvalue weighted by Crippen LogP contribution is -2.22. The molecule has 1 aromatic heterocycles. The van der Waals surface area contributed by atoms with Crippen LogP contribution < -0.4 is 10.2 Å². The third-order valence-corrected chi connectivity index (χ3v) is 5.65. The molecule has 0 saturated carbocycles. The number of rotatable bonds is 5. The number of anilines is 2. The Hall–Kier alpha value is -2.88. The Balaban J connectivity index is 1.68. The first kappa shape index (κ1) is 18.5. The summed E-state index contributed by atoms with van der Waals surface area (Å²) in [6.45, 7) is 6.24. The standard InChI is InChI=1S/C24H27N3O/c1-3-27(4-2)18-15-13-17(14-16-18)25-24(28)23-19-9-5-7-11-21(19)26-22-12-8-6-10-20(22)23/h5,7,9,11,13-16H,3-4,6,8,10,12H2,1-2H3,(H,25,28). The Kier molecular flexibility index (Phi) is 5.29. The van der Waals surface area contributed by atoms with Crippen molar-refractivity contribution in [3.05, 3.63) is 65.4 Å². The molecule has 0 radical (unpaired) electrons. The van der Waals surface area contributed by atoms with E-state index in [1.54, 1.807) is 0 Å². The van der Waals surface area contributed by atoms with Crippen LogP contribution in [0.3, 0.4) is 0 Å². The van der Waals surface area contributed by atoms with Crippen LogP contribution in [0.2, 0.25) is 0 Å². The van der Waals surface area contributed by atoms with Crippen molar-refractivity contribution in [2.75, 3.05) is 23.3 Å². The molecule has 1 amide bonds. The molecule has 0 fully saturated rings. The molecule has 1 N–H and O–H groups in total. The molecule has 0 aliphatic heterocycles. The third kappa shape index (κ3) is 3.47. The van der Waals surface area contributed by atoms with Crippen molar-refractivity contribution in [2.24, 2.45) is 0 Å². The highest BCUT2D eigenvalue weighted by Crippen LogP contribution is 2.30. The SMILES string of the molecule is CCN(CC)c1ccc(NC(=O)c2c3c(nc4ccccc24)CCCC3)cc1. The molecular weight excluding hydrogens is 346 g/mol. The van der Waals surface area contributed by atoms with Crippen molar-refractivity contribution in [3.8, 4) is 0 Å². The zero-order valence-electron chi connectivity index (χ0n) is 16.7. The van der Waals surface area contributed by atoms with Gasteiger partial charge in [0.25, 0.3) is 5.91 Å². The highest BCUT2D eigenvalue weighted by molar-refractivity contribution is 6.13. The number of aryl methyl sites for hydroxylation is 1. The molecule has 4 rings (SSSR count). The summed E-state index contributed by atoms with van der Waals surface area (Å²) in [7, 11) is 0. The van der Waals surface area contributed by atoms with Gasteiger partial charge in [0.15, 0.2) is 0 Å². The van der Waals surface area contributed by atoms with Crippen molar-refractivity contribution in [1.29, 1.82) is 0 Å². The Morgan fingerprint density at radius 2 is 1.71 bits per heavy atom. The molecule has 3 aromatic rings. The number of benzene rings is 2. The molecule has 144 valence electrons. The van der Waals surface area contributed by atoms with Crippen molar-refractivity contribution < 1.29 is 4.79 Å². The minimum Gasteiger partial charge on any atom is -0.372 e. The fraction of sp³-hybridized carbons (Fsp3) is 0.333. The summed E-state index contributed by atoms with van der Waals surface area (Å²) < 4.78 is 0. The average Bonchev–Trinajstić information content (AvgIpc) is 2.74. The minimum atomic E-state index is -0.0349. The molecule has 0 saturated heterocycles. The number of aromatic nitrogens is 1. The lowest BCUT2D eigenvalue weighted by molar-refractivity contribution is 0.102. The van der Waals surface area contributed by atoms with Crippen LogP contribution in [-0.4, -0.2) is 24.0 Å². The number of fused-ring (bicyclic) bond motifs is 2. The molecule has 1 heterocycles. The largest absolute Gasteiger partial charge is 0.372 e. The molecular formula is C24H27N3O. The molecule has 0 atom stereocenters. The quantitative estimate of drug-likeness (QED) is 0.667. The second-order valence-corrected chi connectivity index (χ2v) is 7.31.